The molecule has 2 N–H and O–H groups in total. The van der Waals surface area contributed by atoms with E-state index in [-0.39, 0.29) is 17.9 Å². The molecule has 0 saturated heterocycles. The van der Waals surface area contributed by atoms with Crippen molar-refractivity contribution in [1.82, 2.24) is 5.32 Å². The molecule has 0 unspecified atom stereocenters. The summed E-state index contributed by atoms with van der Waals surface area (Å²) in [6.07, 6.45) is 2.86. The third-order valence-electron chi connectivity index (χ3n) is 4.80. The van der Waals surface area contributed by atoms with Gasteiger partial charge in [-0.25, -0.2) is 4.79 Å². The predicted octanol–water partition coefficient (Wildman–Crippen LogP) is 3.96. The maximum absolute atomic E-state index is 12.4. The number of halogens is 1. The number of nitrogens with one attached hydrogen (secondary N) is 2. The van der Waals surface area contributed by atoms with Gasteiger partial charge in [-0.2, -0.15) is 0 Å². The number of rotatable bonds is 4. The summed E-state index contributed by atoms with van der Waals surface area (Å²) >= 11 is 5.86. The van der Waals surface area contributed by atoms with Crippen LogP contribution in [0.15, 0.2) is 42.5 Å². The summed E-state index contributed by atoms with van der Waals surface area (Å²) in [5.41, 5.74) is 3.75. The molecule has 26 heavy (non-hydrogen) atoms. The van der Waals surface area contributed by atoms with E-state index in [4.69, 9.17) is 11.6 Å². The number of urea groups is 1. The first-order chi connectivity index (χ1) is 12.6. The highest BCUT2D eigenvalue weighted by atomic mass is 35.5. The standard InChI is InChI=1S/C20H20ClN3O2/c21-16-6-1-13(2-7-16)12-22-20(26)23-17-8-5-14-9-10-24(18(14)11-17)19(25)15-3-4-15/h1-2,5-8,11,15H,3-4,9-10,12H2,(H2,22,23,26). The minimum Gasteiger partial charge on any atom is -0.334 e. The second kappa shape index (κ2) is 7.00. The van der Waals surface area contributed by atoms with Gasteiger partial charge in [-0.05, 0) is 54.7 Å². The highest BCUT2D eigenvalue weighted by Crippen LogP contribution is 2.37. The molecule has 4 rings (SSSR count). The highest BCUT2D eigenvalue weighted by Gasteiger charge is 2.36. The van der Waals surface area contributed by atoms with Crippen LogP contribution in [0.5, 0.6) is 0 Å². The monoisotopic (exact) mass is 369 g/mol. The van der Waals surface area contributed by atoms with Gasteiger partial charge in [0.05, 0.1) is 0 Å². The number of anilines is 2. The first kappa shape index (κ1) is 16.9. The number of hydrogen-bond acceptors (Lipinski definition) is 2. The zero-order chi connectivity index (χ0) is 18.1. The molecule has 2 aliphatic rings. The molecule has 5 nitrogen and oxygen atoms in total. The number of carbonyl (C=O) groups is 2. The lowest BCUT2D eigenvalue weighted by molar-refractivity contribution is -0.119. The number of benzene rings is 2. The molecule has 1 aliphatic carbocycles. The lowest BCUT2D eigenvalue weighted by Gasteiger charge is -2.18. The molecule has 1 saturated carbocycles. The van der Waals surface area contributed by atoms with E-state index >= 15 is 0 Å². The van der Waals surface area contributed by atoms with E-state index < -0.39 is 0 Å². The Bertz CT molecular complexity index is 847. The Morgan fingerprint density at radius 1 is 1.12 bits per heavy atom. The molecule has 134 valence electrons. The molecule has 2 aromatic carbocycles. The van der Waals surface area contributed by atoms with Gasteiger partial charge >= 0.3 is 6.03 Å². The van der Waals surface area contributed by atoms with Crippen molar-refractivity contribution in [2.75, 3.05) is 16.8 Å². The average Bonchev–Trinajstić information content (AvgIpc) is 3.41. The van der Waals surface area contributed by atoms with Crippen molar-refractivity contribution in [2.45, 2.75) is 25.8 Å². The Hall–Kier alpha value is -2.53. The van der Waals surface area contributed by atoms with Gasteiger partial charge in [0.15, 0.2) is 0 Å². The summed E-state index contributed by atoms with van der Waals surface area (Å²) in [5, 5.41) is 6.33. The number of carbonyl (C=O) groups excluding carboxylic acids is 2. The fourth-order valence-corrected chi connectivity index (χ4v) is 3.32. The molecule has 0 atom stereocenters. The second-order valence-electron chi connectivity index (χ2n) is 6.79. The predicted molar refractivity (Wildman–Crippen MR) is 103 cm³/mol. The third kappa shape index (κ3) is 3.68. The maximum atomic E-state index is 12.4. The Morgan fingerprint density at radius 3 is 2.62 bits per heavy atom. The number of hydrogen-bond donors (Lipinski definition) is 2. The zero-order valence-corrected chi connectivity index (χ0v) is 15.1. The van der Waals surface area contributed by atoms with E-state index in [1.165, 1.54) is 0 Å². The minimum absolute atomic E-state index is 0.195. The van der Waals surface area contributed by atoms with Crippen LogP contribution in [0.4, 0.5) is 16.2 Å². The topological polar surface area (TPSA) is 61.4 Å². The van der Waals surface area contributed by atoms with Crippen LogP contribution in [0.25, 0.3) is 0 Å². The van der Waals surface area contributed by atoms with Gasteiger partial charge < -0.3 is 15.5 Å². The summed E-state index contributed by atoms with van der Waals surface area (Å²) in [6, 6.07) is 12.8. The maximum Gasteiger partial charge on any atom is 0.319 e. The van der Waals surface area contributed by atoms with Crippen LogP contribution in [-0.4, -0.2) is 18.5 Å². The van der Waals surface area contributed by atoms with E-state index in [2.05, 4.69) is 10.6 Å². The average molecular weight is 370 g/mol. The van der Waals surface area contributed by atoms with Gasteiger partial charge in [0.1, 0.15) is 0 Å². The van der Waals surface area contributed by atoms with Crippen LogP contribution in [0, 0.1) is 5.92 Å². The largest absolute Gasteiger partial charge is 0.334 e. The Morgan fingerprint density at radius 2 is 1.88 bits per heavy atom. The Balaban J connectivity index is 1.39. The van der Waals surface area contributed by atoms with E-state index in [1.54, 1.807) is 12.1 Å². The lowest BCUT2D eigenvalue weighted by atomic mass is 10.1. The summed E-state index contributed by atoms with van der Waals surface area (Å²) < 4.78 is 0. The Kier molecular flexibility index (Phi) is 4.55. The van der Waals surface area contributed by atoms with Crippen molar-refractivity contribution in [2.24, 2.45) is 5.92 Å². The van der Waals surface area contributed by atoms with Crippen LogP contribution >= 0.6 is 11.6 Å². The summed E-state index contributed by atoms with van der Waals surface area (Å²) in [6.45, 7) is 1.15. The SMILES string of the molecule is O=C(NCc1ccc(Cl)cc1)Nc1ccc2c(c1)N(C(=O)C1CC1)CC2. The normalized spacial score (nSPS) is 15.5. The molecule has 1 aliphatic heterocycles. The first-order valence-electron chi connectivity index (χ1n) is 8.84. The van der Waals surface area contributed by atoms with E-state index in [0.717, 1.165) is 42.6 Å². The van der Waals surface area contributed by atoms with Gasteiger partial charge in [-0.1, -0.05) is 29.8 Å². The summed E-state index contributed by atoms with van der Waals surface area (Å²) in [7, 11) is 0. The van der Waals surface area contributed by atoms with Crippen molar-refractivity contribution in [3.8, 4) is 0 Å². The molecule has 3 amide bonds. The van der Waals surface area contributed by atoms with E-state index in [1.807, 2.05) is 35.2 Å². The fourth-order valence-electron chi connectivity index (χ4n) is 3.20. The van der Waals surface area contributed by atoms with Crippen LogP contribution in [0.1, 0.15) is 24.0 Å². The van der Waals surface area contributed by atoms with E-state index in [9.17, 15) is 9.59 Å². The van der Waals surface area contributed by atoms with Gasteiger partial charge in [-0.15, -0.1) is 0 Å². The molecular weight excluding hydrogens is 350 g/mol. The van der Waals surface area contributed by atoms with Crippen LogP contribution in [0.3, 0.4) is 0 Å². The van der Waals surface area contributed by atoms with Crippen molar-refractivity contribution in [3.05, 3.63) is 58.6 Å². The van der Waals surface area contributed by atoms with Crippen LogP contribution in [-0.2, 0) is 17.8 Å². The molecule has 0 aromatic heterocycles. The number of nitrogens with zero attached hydrogens (tertiary/aromatic N) is 1. The van der Waals surface area contributed by atoms with Crippen LogP contribution < -0.4 is 15.5 Å². The third-order valence-corrected chi connectivity index (χ3v) is 5.05. The number of amides is 3. The van der Waals surface area contributed by atoms with Crippen molar-refractivity contribution in [1.29, 1.82) is 0 Å². The smallest absolute Gasteiger partial charge is 0.319 e. The molecule has 1 fully saturated rings. The summed E-state index contributed by atoms with van der Waals surface area (Å²) in [4.78, 5) is 26.4. The zero-order valence-electron chi connectivity index (χ0n) is 14.3. The highest BCUT2D eigenvalue weighted by molar-refractivity contribution is 6.30. The molecule has 0 bridgehead atoms. The van der Waals surface area contributed by atoms with Crippen molar-refractivity contribution in [3.63, 3.8) is 0 Å². The van der Waals surface area contributed by atoms with Gasteiger partial charge in [0.2, 0.25) is 5.91 Å². The molecule has 0 radical (unpaired) electrons. The van der Waals surface area contributed by atoms with Crippen LogP contribution in [0.2, 0.25) is 5.02 Å². The molecular formula is C20H20ClN3O2. The quantitative estimate of drug-likeness (QED) is 0.856. The molecule has 2 aromatic rings. The van der Waals surface area contributed by atoms with E-state index in [0.29, 0.717) is 17.3 Å². The van der Waals surface area contributed by atoms with Crippen molar-refractivity contribution >= 4 is 34.9 Å². The van der Waals surface area contributed by atoms with Gasteiger partial charge in [0.25, 0.3) is 0 Å². The Labute approximate surface area is 157 Å². The lowest BCUT2D eigenvalue weighted by Crippen LogP contribution is -2.30. The number of fused-ring (bicyclic) bond motifs is 1. The fraction of sp³-hybridized carbons (Fsp3) is 0.300. The second-order valence-corrected chi connectivity index (χ2v) is 7.23. The molecule has 6 heteroatoms. The van der Waals surface area contributed by atoms with Gasteiger partial charge in [-0.3, -0.25) is 4.79 Å². The molecule has 1 heterocycles. The first-order valence-corrected chi connectivity index (χ1v) is 9.21. The summed E-state index contributed by atoms with van der Waals surface area (Å²) in [5.74, 6) is 0.410. The minimum atomic E-state index is -0.280. The molecule has 0 spiro atoms. The van der Waals surface area contributed by atoms with Crippen molar-refractivity contribution < 1.29 is 9.59 Å². The van der Waals surface area contributed by atoms with Gasteiger partial charge in [0, 0.05) is 35.4 Å².